The van der Waals surface area contributed by atoms with E-state index in [0.29, 0.717) is 19.4 Å². The molecule has 0 N–H and O–H groups in total. The van der Waals surface area contributed by atoms with Crippen LogP contribution in [-0.2, 0) is 4.79 Å². The van der Waals surface area contributed by atoms with Crippen molar-refractivity contribution >= 4 is 5.91 Å². The number of nitrogens with zero attached hydrogens (tertiary/aromatic N) is 3. The first-order valence-electron chi connectivity index (χ1n) is 5.91. The lowest BCUT2D eigenvalue weighted by Crippen LogP contribution is -2.31. The fourth-order valence-electron chi connectivity index (χ4n) is 1.36. The summed E-state index contributed by atoms with van der Waals surface area (Å²) >= 11 is 0. The summed E-state index contributed by atoms with van der Waals surface area (Å²) in [6.45, 7) is 4.55. The zero-order chi connectivity index (χ0) is 12.4. The number of hydrogen-bond donors (Lipinski definition) is 0. The van der Waals surface area contributed by atoms with E-state index in [1.807, 2.05) is 13.1 Å². The van der Waals surface area contributed by atoms with E-state index in [1.54, 1.807) is 11.9 Å². The second kappa shape index (κ2) is 9.17. The monoisotopic (exact) mass is 225 g/mol. The maximum absolute atomic E-state index is 11.6. The van der Waals surface area contributed by atoms with E-state index in [1.165, 1.54) is 12.8 Å². The van der Waals surface area contributed by atoms with Crippen LogP contribution in [0.2, 0.25) is 0 Å². The molecule has 0 aliphatic rings. The van der Waals surface area contributed by atoms with Crippen LogP contribution in [0.4, 0.5) is 0 Å². The Bertz CT molecular complexity index is 235. The van der Waals surface area contributed by atoms with Gasteiger partial charge in [-0.15, -0.1) is 0 Å². The van der Waals surface area contributed by atoms with Gasteiger partial charge < -0.3 is 9.80 Å². The molecule has 1 amide bonds. The van der Waals surface area contributed by atoms with Crippen LogP contribution in [0.25, 0.3) is 0 Å². The Morgan fingerprint density at radius 2 is 1.94 bits per heavy atom. The van der Waals surface area contributed by atoms with Gasteiger partial charge >= 0.3 is 0 Å². The zero-order valence-electron chi connectivity index (χ0n) is 10.7. The third-order valence-corrected chi connectivity index (χ3v) is 2.59. The molecule has 0 aromatic heterocycles. The minimum atomic E-state index is 0.124. The van der Waals surface area contributed by atoms with Crippen LogP contribution in [0.15, 0.2) is 0 Å². The molecule has 0 aromatic rings. The number of unbranched alkanes of at least 4 members (excludes halogenated alkanes) is 1. The van der Waals surface area contributed by atoms with Gasteiger partial charge in [-0.2, -0.15) is 5.26 Å². The first kappa shape index (κ1) is 14.9. The molecule has 4 heteroatoms. The lowest BCUT2D eigenvalue weighted by Gasteiger charge is -2.19. The van der Waals surface area contributed by atoms with Crippen LogP contribution in [0.5, 0.6) is 0 Å². The van der Waals surface area contributed by atoms with Gasteiger partial charge in [0.05, 0.1) is 12.5 Å². The van der Waals surface area contributed by atoms with Crippen LogP contribution in [0.1, 0.15) is 32.6 Å². The Labute approximate surface area is 98.8 Å². The number of nitriles is 1. The summed E-state index contributed by atoms with van der Waals surface area (Å²) in [5.41, 5.74) is 0. The van der Waals surface area contributed by atoms with Crippen LogP contribution >= 0.6 is 0 Å². The van der Waals surface area contributed by atoms with E-state index in [4.69, 9.17) is 5.26 Å². The van der Waals surface area contributed by atoms with Crippen molar-refractivity contribution in [2.45, 2.75) is 32.6 Å². The molecule has 0 heterocycles. The van der Waals surface area contributed by atoms with Crippen LogP contribution in [0, 0.1) is 11.3 Å². The molecule has 16 heavy (non-hydrogen) atoms. The molecule has 0 bridgehead atoms. The van der Waals surface area contributed by atoms with Crippen LogP contribution in [-0.4, -0.2) is 49.4 Å². The van der Waals surface area contributed by atoms with E-state index in [0.717, 1.165) is 13.1 Å². The minimum Gasteiger partial charge on any atom is -0.345 e. The molecule has 0 saturated carbocycles. The highest BCUT2D eigenvalue weighted by Crippen LogP contribution is 1.97. The van der Waals surface area contributed by atoms with E-state index in [2.05, 4.69) is 11.8 Å². The maximum atomic E-state index is 11.6. The van der Waals surface area contributed by atoms with Gasteiger partial charge in [0.15, 0.2) is 0 Å². The van der Waals surface area contributed by atoms with Crippen molar-refractivity contribution in [2.24, 2.45) is 0 Å². The van der Waals surface area contributed by atoms with Crippen molar-refractivity contribution in [3.8, 4) is 6.07 Å². The molecule has 4 nitrogen and oxygen atoms in total. The second-order valence-corrected chi connectivity index (χ2v) is 4.13. The fraction of sp³-hybridized carbons (Fsp3) is 0.833. The summed E-state index contributed by atoms with van der Waals surface area (Å²) in [6.07, 6.45) is 3.31. The molecule has 0 aliphatic carbocycles. The van der Waals surface area contributed by atoms with Gasteiger partial charge in [-0.3, -0.25) is 4.79 Å². The molecule has 0 fully saturated rings. The number of carbonyl (C=O) groups excluding carboxylic acids is 1. The topological polar surface area (TPSA) is 47.3 Å². The average Bonchev–Trinajstić information content (AvgIpc) is 2.30. The summed E-state index contributed by atoms with van der Waals surface area (Å²) in [6, 6.07) is 2.04. The molecule has 0 aliphatic heterocycles. The van der Waals surface area contributed by atoms with Gasteiger partial charge in [0.1, 0.15) is 0 Å². The molecule has 0 radical (unpaired) electrons. The van der Waals surface area contributed by atoms with E-state index < -0.39 is 0 Å². The number of rotatable bonds is 8. The molecule has 0 rings (SSSR count). The normalized spacial score (nSPS) is 10.2. The Hall–Kier alpha value is -1.08. The van der Waals surface area contributed by atoms with Gasteiger partial charge in [0, 0.05) is 26.6 Å². The highest BCUT2D eigenvalue weighted by molar-refractivity contribution is 5.76. The lowest BCUT2D eigenvalue weighted by molar-refractivity contribution is -0.130. The Kier molecular flexibility index (Phi) is 8.55. The molecule has 0 atom stereocenters. The zero-order valence-corrected chi connectivity index (χ0v) is 10.7. The molecular weight excluding hydrogens is 202 g/mol. The van der Waals surface area contributed by atoms with Crippen molar-refractivity contribution in [2.75, 3.05) is 33.7 Å². The highest BCUT2D eigenvalue weighted by Gasteiger charge is 2.09. The highest BCUT2D eigenvalue weighted by atomic mass is 16.2. The first-order valence-corrected chi connectivity index (χ1v) is 5.91. The molecule has 0 saturated heterocycles. The van der Waals surface area contributed by atoms with E-state index in [-0.39, 0.29) is 5.91 Å². The number of amides is 1. The van der Waals surface area contributed by atoms with Gasteiger partial charge in [-0.1, -0.05) is 13.3 Å². The summed E-state index contributed by atoms with van der Waals surface area (Å²) in [5.74, 6) is 0.124. The summed E-state index contributed by atoms with van der Waals surface area (Å²) < 4.78 is 0. The second-order valence-electron chi connectivity index (χ2n) is 4.13. The minimum absolute atomic E-state index is 0.124. The average molecular weight is 225 g/mol. The molecular formula is C12H23N3O. The van der Waals surface area contributed by atoms with Gasteiger partial charge in [-0.25, -0.2) is 0 Å². The number of carbonyl (C=O) groups is 1. The van der Waals surface area contributed by atoms with Crippen LogP contribution in [0.3, 0.4) is 0 Å². The molecule has 0 spiro atoms. The van der Waals surface area contributed by atoms with Gasteiger partial charge in [0.25, 0.3) is 0 Å². The Balaban J connectivity index is 3.67. The summed E-state index contributed by atoms with van der Waals surface area (Å²) in [7, 11) is 3.80. The van der Waals surface area contributed by atoms with Crippen molar-refractivity contribution in [1.29, 1.82) is 5.26 Å². The Morgan fingerprint density at radius 3 is 2.50 bits per heavy atom. The van der Waals surface area contributed by atoms with E-state index in [9.17, 15) is 4.79 Å². The largest absolute Gasteiger partial charge is 0.345 e. The van der Waals surface area contributed by atoms with Gasteiger partial charge in [-0.05, 0) is 20.0 Å². The quantitative estimate of drug-likeness (QED) is 0.628. The predicted octanol–water partition coefficient (Wildman–Crippen LogP) is 1.48. The van der Waals surface area contributed by atoms with Crippen LogP contribution < -0.4 is 0 Å². The molecule has 0 aromatic carbocycles. The first-order chi connectivity index (χ1) is 7.61. The predicted molar refractivity (Wildman–Crippen MR) is 64.9 cm³/mol. The standard InChI is InChI=1S/C12H23N3O/c1-4-5-9-14(2)11-7-12(16)15(3)10-6-8-13/h4-7,9-11H2,1-3H3. The SMILES string of the molecule is CCCCN(C)CCC(=O)N(C)CCC#N. The van der Waals surface area contributed by atoms with Crippen molar-refractivity contribution < 1.29 is 4.79 Å². The van der Waals surface area contributed by atoms with Crippen molar-refractivity contribution in [1.82, 2.24) is 9.80 Å². The van der Waals surface area contributed by atoms with Gasteiger partial charge in [0.2, 0.25) is 5.91 Å². The fourth-order valence-corrected chi connectivity index (χ4v) is 1.36. The smallest absolute Gasteiger partial charge is 0.223 e. The maximum Gasteiger partial charge on any atom is 0.223 e. The third kappa shape index (κ3) is 7.24. The number of hydrogen-bond acceptors (Lipinski definition) is 3. The lowest BCUT2D eigenvalue weighted by atomic mass is 10.3. The summed E-state index contributed by atoms with van der Waals surface area (Å²) in [4.78, 5) is 15.4. The van der Waals surface area contributed by atoms with Crippen molar-refractivity contribution in [3.05, 3.63) is 0 Å². The molecule has 92 valence electrons. The third-order valence-electron chi connectivity index (χ3n) is 2.59. The Morgan fingerprint density at radius 1 is 1.25 bits per heavy atom. The summed E-state index contributed by atoms with van der Waals surface area (Å²) in [5, 5.41) is 8.42. The van der Waals surface area contributed by atoms with E-state index >= 15 is 0 Å². The molecule has 0 unspecified atom stereocenters. The van der Waals surface area contributed by atoms with Crippen molar-refractivity contribution in [3.63, 3.8) is 0 Å².